The molecule has 0 radical (unpaired) electrons. The van der Waals surface area contributed by atoms with Crippen molar-refractivity contribution in [2.75, 3.05) is 0 Å². The average Bonchev–Trinajstić information content (AvgIpc) is 3.24. The molecule has 336 valence electrons. The van der Waals surface area contributed by atoms with Crippen molar-refractivity contribution in [1.82, 2.24) is 0 Å². The molecule has 0 bridgehead atoms. The molecular weight excluding hydrogens is 864 g/mol. The van der Waals surface area contributed by atoms with Crippen molar-refractivity contribution in [3.63, 3.8) is 0 Å². The second-order valence-corrected chi connectivity index (χ2v) is 15.0. The molecule has 0 aliphatic carbocycles. The summed E-state index contributed by atoms with van der Waals surface area (Å²) in [6, 6.07) is 10.8. The number of phenols is 15. The summed E-state index contributed by atoms with van der Waals surface area (Å²) in [6.45, 7) is 0. The van der Waals surface area contributed by atoms with Crippen molar-refractivity contribution in [1.29, 1.82) is 0 Å². The smallest absolute Gasteiger partial charge is 0.338 e. The number of hydrogen-bond acceptors (Lipinski definition) is 21. The standard InChI is InChI=1S/C44H34O21/c45-18-10-23(49)33-31(11-18)62-40(15-4-25(51)36(57)26(52)5-15)42(65-44(61)17-8-29(55)38(59)30(56)9-17)35(33)34-24(50)13-21(47)19-12-32(63-43(60)16-6-27(53)37(58)28(54)7-16)39(64-41(19)34)14-1-2-20(46)22(48)3-14/h1-11,13,32,35,39-40,42,45-59H,12H2/t32-,35-,39-,40-,42-/m1/s1. The Balaban J connectivity index is 1.35. The summed E-state index contributed by atoms with van der Waals surface area (Å²) in [5.74, 6) is -17.8. The predicted octanol–water partition coefficient (Wildman–Crippen LogP) is 4.66. The maximum absolute atomic E-state index is 14.1. The zero-order chi connectivity index (χ0) is 46.9. The number of esters is 2. The van der Waals surface area contributed by atoms with Crippen molar-refractivity contribution in [2.45, 2.75) is 36.8 Å². The first-order valence-corrected chi connectivity index (χ1v) is 18.9. The molecule has 6 aromatic rings. The number of carbonyl (C=O) groups is 2. The number of ether oxygens (including phenoxy) is 4. The first-order chi connectivity index (χ1) is 30.7. The largest absolute Gasteiger partial charge is 0.508 e. The van der Waals surface area contributed by atoms with Crippen LogP contribution in [0.5, 0.6) is 97.7 Å². The minimum absolute atomic E-state index is 0.0167. The van der Waals surface area contributed by atoms with Gasteiger partial charge in [-0.05, 0) is 48.5 Å². The second-order valence-electron chi connectivity index (χ2n) is 15.0. The zero-order valence-corrected chi connectivity index (χ0v) is 32.7. The van der Waals surface area contributed by atoms with Crippen LogP contribution in [0, 0.1) is 0 Å². The first-order valence-electron chi connectivity index (χ1n) is 18.9. The van der Waals surface area contributed by atoms with E-state index in [4.69, 9.17) is 18.9 Å². The Labute approximate surface area is 362 Å². The van der Waals surface area contributed by atoms with Crippen LogP contribution in [0.3, 0.4) is 0 Å². The van der Waals surface area contributed by atoms with Gasteiger partial charge < -0.3 is 95.5 Å². The van der Waals surface area contributed by atoms with E-state index < -0.39 is 157 Å². The van der Waals surface area contributed by atoms with Crippen LogP contribution >= 0.6 is 0 Å². The molecule has 8 rings (SSSR count). The predicted molar refractivity (Wildman–Crippen MR) is 214 cm³/mol. The third-order valence-electron chi connectivity index (χ3n) is 10.8. The normalized spacial score (nSPS) is 18.6. The van der Waals surface area contributed by atoms with Crippen LogP contribution in [0.25, 0.3) is 0 Å². The van der Waals surface area contributed by atoms with Crippen LogP contribution in [0.2, 0.25) is 0 Å². The molecule has 0 aromatic heterocycles. The Morgan fingerprint density at radius 1 is 0.462 bits per heavy atom. The molecule has 65 heavy (non-hydrogen) atoms. The van der Waals surface area contributed by atoms with E-state index in [1.54, 1.807) is 0 Å². The van der Waals surface area contributed by atoms with Gasteiger partial charge in [0.05, 0.1) is 17.0 Å². The molecule has 0 amide bonds. The molecule has 15 N–H and O–H groups in total. The van der Waals surface area contributed by atoms with Gasteiger partial charge in [-0.2, -0.15) is 0 Å². The van der Waals surface area contributed by atoms with Gasteiger partial charge in [0.25, 0.3) is 0 Å². The van der Waals surface area contributed by atoms with E-state index in [0.717, 1.165) is 66.7 Å². The lowest BCUT2D eigenvalue weighted by Crippen LogP contribution is -2.40. The fraction of sp³-hybridized carbons (Fsp3) is 0.136. The van der Waals surface area contributed by atoms with E-state index in [2.05, 4.69) is 0 Å². The molecule has 0 spiro atoms. The first kappa shape index (κ1) is 42.5. The quantitative estimate of drug-likeness (QED) is 0.0764. The van der Waals surface area contributed by atoms with E-state index in [0.29, 0.717) is 0 Å². The Morgan fingerprint density at radius 2 is 0.969 bits per heavy atom. The molecule has 0 saturated heterocycles. The number of aromatic hydroxyl groups is 15. The molecule has 2 aliphatic heterocycles. The maximum atomic E-state index is 14.1. The van der Waals surface area contributed by atoms with Gasteiger partial charge in [0, 0.05) is 52.4 Å². The van der Waals surface area contributed by atoms with Gasteiger partial charge in [-0.1, -0.05) is 6.07 Å². The monoisotopic (exact) mass is 898 g/mol. The summed E-state index contributed by atoms with van der Waals surface area (Å²) in [6.07, 6.45) is -7.36. The van der Waals surface area contributed by atoms with Crippen molar-refractivity contribution >= 4 is 11.9 Å². The Kier molecular flexibility index (Phi) is 10.2. The van der Waals surface area contributed by atoms with Crippen molar-refractivity contribution in [3.05, 3.63) is 112 Å². The number of carbonyl (C=O) groups excluding carboxylic acids is 2. The number of fused-ring (bicyclic) bond motifs is 2. The van der Waals surface area contributed by atoms with Crippen molar-refractivity contribution < 1.29 is 105 Å². The van der Waals surface area contributed by atoms with Crippen LogP contribution in [0.4, 0.5) is 0 Å². The van der Waals surface area contributed by atoms with Crippen LogP contribution in [0.1, 0.15) is 66.7 Å². The van der Waals surface area contributed by atoms with E-state index in [9.17, 15) is 86.2 Å². The Bertz CT molecular complexity index is 2890. The lowest BCUT2D eigenvalue weighted by Gasteiger charge is -2.42. The molecule has 21 heteroatoms. The molecular formula is C44H34O21. The van der Waals surface area contributed by atoms with Gasteiger partial charge >= 0.3 is 11.9 Å². The van der Waals surface area contributed by atoms with Crippen molar-refractivity contribution in [3.8, 4) is 97.7 Å². The minimum Gasteiger partial charge on any atom is -0.508 e. The summed E-state index contributed by atoms with van der Waals surface area (Å²) in [4.78, 5) is 27.7. The van der Waals surface area contributed by atoms with E-state index in [1.165, 1.54) is 6.07 Å². The molecule has 2 aliphatic rings. The van der Waals surface area contributed by atoms with E-state index in [1.807, 2.05) is 0 Å². The fourth-order valence-electron chi connectivity index (χ4n) is 7.81. The van der Waals surface area contributed by atoms with Crippen LogP contribution in [-0.2, 0) is 15.9 Å². The third-order valence-corrected chi connectivity index (χ3v) is 10.8. The third kappa shape index (κ3) is 7.41. The SMILES string of the molecule is O=C(O[C@@H]1[C@@H](c2c(O)cc(O)c3c2O[C@H](c2ccc(O)c(O)c2)[C@H](OC(=O)c2cc(O)c(O)c(O)c2)C3)c2c(O)cc(O)cc2O[C@@H]1c1cc(O)c(O)c(O)c1)c1cc(O)c(O)c(O)c1. The highest BCUT2D eigenvalue weighted by Gasteiger charge is 2.50. The zero-order valence-electron chi connectivity index (χ0n) is 32.7. The molecule has 6 aromatic carbocycles. The summed E-state index contributed by atoms with van der Waals surface area (Å²) in [7, 11) is 0. The molecule has 5 atom stereocenters. The molecule has 0 unspecified atom stereocenters. The van der Waals surface area contributed by atoms with Gasteiger partial charge in [-0.25, -0.2) is 9.59 Å². The summed E-state index contributed by atoms with van der Waals surface area (Å²) >= 11 is 0. The number of hydrogen-bond donors (Lipinski definition) is 15. The highest BCUT2D eigenvalue weighted by Crippen LogP contribution is 2.59. The van der Waals surface area contributed by atoms with E-state index in [-0.39, 0.29) is 28.0 Å². The summed E-state index contributed by atoms with van der Waals surface area (Å²) in [5, 5.41) is 158. The van der Waals surface area contributed by atoms with Crippen LogP contribution < -0.4 is 9.47 Å². The topological polar surface area (TPSA) is 375 Å². The highest BCUT2D eigenvalue weighted by molar-refractivity contribution is 5.92. The second kappa shape index (κ2) is 15.6. The van der Waals surface area contributed by atoms with Gasteiger partial charge in [0.15, 0.2) is 81.6 Å². The van der Waals surface area contributed by atoms with Crippen LogP contribution in [-0.4, -0.2) is 101 Å². The lowest BCUT2D eigenvalue weighted by molar-refractivity contribution is -0.0303. The van der Waals surface area contributed by atoms with Gasteiger partial charge in [0.2, 0.25) is 0 Å². The molecule has 0 fully saturated rings. The highest BCUT2D eigenvalue weighted by atomic mass is 16.6. The number of benzene rings is 6. The van der Waals surface area contributed by atoms with E-state index >= 15 is 0 Å². The minimum atomic E-state index is -1.96. The summed E-state index contributed by atoms with van der Waals surface area (Å²) in [5.41, 5.74) is -2.33. The van der Waals surface area contributed by atoms with Gasteiger partial charge in [-0.15, -0.1) is 0 Å². The Morgan fingerprint density at radius 3 is 1.52 bits per heavy atom. The van der Waals surface area contributed by atoms with Crippen LogP contribution in [0.15, 0.2) is 72.8 Å². The van der Waals surface area contributed by atoms with Gasteiger partial charge in [-0.3, -0.25) is 0 Å². The van der Waals surface area contributed by atoms with Crippen molar-refractivity contribution in [2.24, 2.45) is 0 Å². The maximum Gasteiger partial charge on any atom is 0.338 e. The molecule has 2 heterocycles. The summed E-state index contributed by atoms with van der Waals surface area (Å²) < 4.78 is 24.4. The lowest BCUT2D eigenvalue weighted by atomic mass is 9.77. The molecule has 21 nitrogen and oxygen atoms in total. The molecule has 0 saturated carbocycles. The fourth-order valence-corrected chi connectivity index (χ4v) is 7.81. The number of rotatable bonds is 7. The number of phenolic OH excluding ortho intramolecular Hbond substituents is 15. The Hall–Kier alpha value is -9.14. The van der Waals surface area contributed by atoms with Gasteiger partial charge in [0.1, 0.15) is 40.6 Å². The average molecular weight is 899 g/mol.